The van der Waals surface area contributed by atoms with Crippen LogP contribution in [0, 0.1) is 16.0 Å². The normalized spacial score (nSPS) is 17.6. The number of piperazine rings is 1. The second-order valence-corrected chi connectivity index (χ2v) is 7.51. The van der Waals surface area contributed by atoms with E-state index >= 15 is 0 Å². The molecule has 0 spiro atoms. The van der Waals surface area contributed by atoms with Crippen molar-refractivity contribution in [1.82, 2.24) is 9.80 Å². The molecule has 8 heteroatoms. The van der Waals surface area contributed by atoms with E-state index in [9.17, 15) is 19.7 Å². The molecule has 1 aromatic rings. The standard InChI is InChI=1S/C20H27N3O5/c1-28-18-8-7-16(14-17(18)23(26)27)20(25)22-12-10-21(11-13-22)19(24)9-6-15-4-2-3-5-15/h7-8,14-15H,2-6,9-13H2,1H3. The first-order valence-corrected chi connectivity index (χ1v) is 9.89. The van der Waals surface area contributed by atoms with Gasteiger partial charge in [-0.05, 0) is 24.5 Å². The fourth-order valence-corrected chi connectivity index (χ4v) is 4.09. The molecule has 1 aromatic carbocycles. The zero-order valence-corrected chi connectivity index (χ0v) is 16.3. The number of ether oxygens (including phenoxy) is 1. The molecule has 0 N–H and O–H groups in total. The second-order valence-electron chi connectivity index (χ2n) is 7.51. The molecule has 2 amide bonds. The summed E-state index contributed by atoms with van der Waals surface area (Å²) in [5.41, 5.74) is 0.0302. The van der Waals surface area contributed by atoms with E-state index in [0.29, 0.717) is 38.5 Å². The van der Waals surface area contributed by atoms with Crippen LogP contribution in [0.15, 0.2) is 18.2 Å². The third kappa shape index (κ3) is 4.61. The number of nitro groups is 1. The van der Waals surface area contributed by atoms with E-state index in [4.69, 9.17) is 4.74 Å². The average Bonchev–Trinajstić information content (AvgIpc) is 3.24. The lowest BCUT2D eigenvalue weighted by Crippen LogP contribution is -2.50. The highest BCUT2D eigenvalue weighted by Crippen LogP contribution is 2.29. The molecule has 1 heterocycles. The second kappa shape index (κ2) is 9.03. The van der Waals surface area contributed by atoms with Crippen LogP contribution in [0.25, 0.3) is 0 Å². The highest BCUT2D eigenvalue weighted by atomic mass is 16.6. The first-order valence-electron chi connectivity index (χ1n) is 9.89. The summed E-state index contributed by atoms with van der Waals surface area (Å²) in [6.07, 6.45) is 6.59. The van der Waals surface area contributed by atoms with Crippen LogP contribution >= 0.6 is 0 Å². The van der Waals surface area contributed by atoms with E-state index in [0.717, 1.165) is 6.42 Å². The third-order valence-electron chi connectivity index (χ3n) is 5.78. The van der Waals surface area contributed by atoms with Crippen LogP contribution in [-0.4, -0.2) is 59.8 Å². The summed E-state index contributed by atoms with van der Waals surface area (Å²) in [4.78, 5) is 39.2. The molecular formula is C20H27N3O5. The molecule has 2 aliphatic rings. The quantitative estimate of drug-likeness (QED) is 0.551. The van der Waals surface area contributed by atoms with Gasteiger partial charge in [0.25, 0.3) is 5.91 Å². The van der Waals surface area contributed by atoms with Gasteiger partial charge in [0, 0.05) is 44.2 Å². The number of nitro benzene ring substituents is 1. The van der Waals surface area contributed by atoms with E-state index < -0.39 is 4.92 Å². The highest BCUT2D eigenvalue weighted by molar-refractivity contribution is 5.95. The van der Waals surface area contributed by atoms with Crippen molar-refractivity contribution in [3.05, 3.63) is 33.9 Å². The van der Waals surface area contributed by atoms with Gasteiger partial charge in [0.05, 0.1) is 12.0 Å². The molecule has 0 atom stereocenters. The van der Waals surface area contributed by atoms with Gasteiger partial charge in [-0.2, -0.15) is 0 Å². The Morgan fingerprint density at radius 3 is 2.39 bits per heavy atom. The van der Waals surface area contributed by atoms with Crippen molar-refractivity contribution in [2.75, 3.05) is 33.3 Å². The summed E-state index contributed by atoms with van der Waals surface area (Å²) >= 11 is 0. The monoisotopic (exact) mass is 389 g/mol. The van der Waals surface area contributed by atoms with Gasteiger partial charge in [-0.15, -0.1) is 0 Å². The minimum atomic E-state index is -0.559. The van der Waals surface area contributed by atoms with E-state index in [1.54, 1.807) is 4.90 Å². The average molecular weight is 389 g/mol. The van der Waals surface area contributed by atoms with Gasteiger partial charge in [0.2, 0.25) is 5.91 Å². The largest absolute Gasteiger partial charge is 0.490 e. The van der Waals surface area contributed by atoms with Crippen LogP contribution in [-0.2, 0) is 4.79 Å². The van der Waals surface area contributed by atoms with Gasteiger partial charge in [0.1, 0.15) is 0 Å². The van der Waals surface area contributed by atoms with Gasteiger partial charge < -0.3 is 14.5 Å². The molecule has 1 saturated heterocycles. The van der Waals surface area contributed by atoms with Gasteiger partial charge in [-0.1, -0.05) is 25.7 Å². The van der Waals surface area contributed by atoms with Crippen molar-refractivity contribution < 1.29 is 19.2 Å². The Morgan fingerprint density at radius 2 is 1.79 bits per heavy atom. The Labute approximate surface area is 164 Å². The summed E-state index contributed by atoms with van der Waals surface area (Å²) in [5.74, 6) is 0.722. The Kier molecular flexibility index (Phi) is 6.49. The van der Waals surface area contributed by atoms with E-state index in [2.05, 4.69) is 0 Å². The number of carbonyl (C=O) groups is 2. The Bertz CT molecular complexity index is 737. The van der Waals surface area contributed by atoms with Crippen LogP contribution in [0.5, 0.6) is 5.75 Å². The number of hydrogen-bond acceptors (Lipinski definition) is 5. The first kappa shape index (κ1) is 20.1. The molecule has 3 rings (SSSR count). The summed E-state index contributed by atoms with van der Waals surface area (Å²) in [5, 5.41) is 11.2. The maximum Gasteiger partial charge on any atom is 0.311 e. The number of amides is 2. The Morgan fingerprint density at radius 1 is 1.14 bits per heavy atom. The fourth-order valence-electron chi connectivity index (χ4n) is 4.09. The van der Waals surface area contributed by atoms with Crippen LogP contribution < -0.4 is 4.74 Å². The zero-order valence-electron chi connectivity index (χ0n) is 16.3. The molecule has 0 unspecified atom stereocenters. The van der Waals surface area contributed by atoms with Crippen LogP contribution in [0.1, 0.15) is 48.9 Å². The summed E-state index contributed by atoms with van der Waals surface area (Å²) < 4.78 is 4.98. The number of rotatable bonds is 6. The topological polar surface area (TPSA) is 93.0 Å². The molecule has 1 saturated carbocycles. The van der Waals surface area contributed by atoms with E-state index in [1.165, 1.54) is 51.0 Å². The smallest absolute Gasteiger partial charge is 0.311 e. The number of methoxy groups -OCH3 is 1. The summed E-state index contributed by atoms with van der Waals surface area (Å²) in [6.45, 7) is 1.89. The van der Waals surface area contributed by atoms with Crippen molar-refractivity contribution in [3.63, 3.8) is 0 Å². The summed E-state index contributed by atoms with van der Waals surface area (Å²) in [7, 11) is 1.35. The molecule has 0 aromatic heterocycles. The first-order chi connectivity index (χ1) is 13.5. The maximum atomic E-state index is 12.7. The number of benzene rings is 1. The predicted molar refractivity (Wildman–Crippen MR) is 103 cm³/mol. The molecule has 1 aliphatic carbocycles. The van der Waals surface area contributed by atoms with E-state index in [-0.39, 0.29) is 28.8 Å². The van der Waals surface area contributed by atoms with Crippen LogP contribution in [0.4, 0.5) is 5.69 Å². The molecule has 152 valence electrons. The maximum absolute atomic E-state index is 12.7. The van der Waals surface area contributed by atoms with Crippen LogP contribution in [0.3, 0.4) is 0 Å². The number of nitrogens with zero attached hydrogens (tertiary/aromatic N) is 3. The van der Waals surface area contributed by atoms with Crippen LogP contribution in [0.2, 0.25) is 0 Å². The van der Waals surface area contributed by atoms with Crippen molar-refractivity contribution in [1.29, 1.82) is 0 Å². The Hall–Kier alpha value is -2.64. The number of carbonyl (C=O) groups excluding carboxylic acids is 2. The molecule has 2 fully saturated rings. The molecule has 1 aliphatic heterocycles. The van der Waals surface area contributed by atoms with Crippen molar-refractivity contribution in [3.8, 4) is 5.75 Å². The molecule has 0 bridgehead atoms. The highest BCUT2D eigenvalue weighted by Gasteiger charge is 2.27. The lowest BCUT2D eigenvalue weighted by atomic mass is 10.0. The summed E-state index contributed by atoms with van der Waals surface area (Å²) in [6, 6.07) is 4.22. The van der Waals surface area contributed by atoms with Crippen molar-refractivity contribution in [2.45, 2.75) is 38.5 Å². The minimum Gasteiger partial charge on any atom is -0.490 e. The third-order valence-corrected chi connectivity index (χ3v) is 5.78. The molecule has 0 radical (unpaired) electrons. The lowest BCUT2D eigenvalue weighted by molar-refractivity contribution is -0.385. The zero-order chi connectivity index (χ0) is 20.1. The Balaban J connectivity index is 1.54. The number of hydrogen-bond donors (Lipinski definition) is 0. The molecule has 28 heavy (non-hydrogen) atoms. The van der Waals surface area contributed by atoms with Crippen molar-refractivity contribution >= 4 is 17.5 Å². The van der Waals surface area contributed by atoms with E-state index in [1.807, 2.05) is 4.90 Å². The SMILES string of the molecule is COc1ccc(C(=O)N2CCN(C(=O)CCC3CCCC3)CC2)cc1[N+](=O)[O-]. The molecular weight excluding hydrogens is 362 g/mol. The molecule has 8 nitrogen and oxygen atoms in total. The predicted octanol–water partition coefficient (Wildman–Crippen LogP) is 2.86. The minimum absolute atomic E-state index is 0.124. The fraction of sp³-hybridized carbons (Fsp3) is 0.600. The van der Waals surface area contributed by atoms with Gasteiger partial charge in [0.15, 0.2) is 5.75 Å². The van der Waals surface area contributed by atoms with Gasteiger partial charge in [-0.25, -0.2) is 0 Å². The van der Waals surface area contributed by atoms with Crippen molar-refractivity contribution in [2.24, 2.45) is 5.92 Å². The lowest BCUT2D eigenvalue weighted by Gasteiger charge is -2.35. The van der Waals surface area contributed by atoms with Gasteiger partial charge >= 0.3 is 5.69 Å². The van der Waals surface area contributed by atoms with Gasteiger partial charge in [-0.3, -0.25) is 19.7 Å².